The summed E-state index contributed by atoms with van der Waals surface area (Å²) in [7, 11) is 0. The molecule has 0 saturated heterocycles. The zero-order valence-corrected chi connectivity index (χ0v) is 19.2. The monoisotopic (exact) mass is 489 g/mol. The van der Waals surface area contributed by atoms with Crippen molar-refractivity contribution >= 4 is 35.6 Å². The second kappa shape index (κ2) is 15.4. The van der Waals surface area contributed by atoms with Crippen molar-refractivity contribution < 1.29 is 39.3 Å². The van der Waals surface area contributed by atoms with Crippen molar-refractivity contribution in [1.82, 2.24) is 16.0 Å². The molecule has 0 aromatic rings. The van der Waals surface area contributed by atoms with Gasteiger partial charge in [-0.25, -0.2) is 4.79 Å². The van der Waals surface area contributed by atoms with Crippen LogP contribution in [0.4, 0.5) is 0 Å². The lowest BCUT2D eigenvalue weighted by Crippen LogP contribution is -2.59. The Morgan fingerprint density at radius 2 is 1.53 bits per heavy atom. The fourth-order valence-electron chi connectivity index (χ4n) is 2.73. The molecule has 5 unspecified atom stereocenters. The number of rotatable bonds is 16. The van der Waals surface area contributed by atoms with Crippen LogP contribution in [0.1, 0.15) is 39.5 Å². The number of hydrogen-bond acceptors (Lipinski definition) is 8. The van der Waals surface area contributed by atoms with Crippen molar-refractivity contribution in [1.29, 1.82) is 0 Å². The molecular formula is C19H35N7O8. The van der Waals surface area contributed by atoms with Crippen LogP contribution in [0.2, 0.25) is 0 Å². The molecule has 0 bridgehead atoms. The number of amides is 3. The molecule has 0 radical (unpaired) electrons. The number of carboxylic acid groups (broad SMARTS) is 2. The molecule has 0 aliphatic heterocycles. The van der Waals surface area contributed by atoms with E-state index >= 15 is 0 Å². The van der Waals surface area contributed by atoms with Crippen LogP contribution in [0.25, 0.3) is 0 Å². The van der Waals surface area contributed by atoms with Crippen LogP contribution in [0, 0.1) is 5.92 Å². The average Bonchev–Trinajstić information content (AvgIpc) is 2.75. The number of hydrogen-bond donors (Lipinski definition) is 9. The molecule has 0 rings (SSSR count). The molecule has 0 aromatic carbocycles. The first-order valence-corrected chi connectivity index (χ1v) is 10.6. The van der Waals surface area contributed by atoms with Gasteiger partial charge < -0.3 is 48.5 Å². The largest absolute Gasteiger partial charge is 0.481 e. The molecular weight excluding hydrogens is 454 g/mol. The highest BCUT2D eigenvalue weighted by atomic mass is 16.4. The zero-order valence-electron chi connectivity index (χ0n) is 19.2. The number of nitrogens with one attached hydrogen (secondary N) is 3. The predicted molar refractivity (Wildman–Crippen MR) is 120 cm³/mol. The Morgan fingerprint density at radius 1 is 0.941 bits per heavy atom. The first-order chi connectivity index (χ1) is 15.8. The Labute approximate surface area is 196 Å². The third-order valence-electron chi connectivity index (χ3n) is 4.90. The van der Waals surface area contributed by atoms with E-state index in [1.54, 1.807) is 13.8 Å². The van der Waals surface area contributed by atoms with E-state index in [1.807, 2.05) is 0 Å². The van der Waals surface area contributed by atoms with Crippen molar-refractivity contribution in [3.05, 3.63) is 0 Å². The minimum absolute atomic E-state index is 0.0236. The van der Waals surface area contributed by atoms with Crippen molar-refractivity contribution in [2.24, 2.45) is 28.1 Å². The number of nitrogens with two attached hydrogens (primary N) is 3. The standard InChI is InChI=1S/C19H35N7O8/c1-3-9(2)14(17(32)24-11(18(33)34)5-4-6-23-19(21)22)26-16(31)12(8-27)25-15(30)10(20)7-13(28)29/h9-12,14,27H,3-8,20H2,1-2H3,(H,24,32)(H,25,30)(H,26,31)(H,28,29)(H,33,34)(H4,21,22,23). The second-order valence-corrected chi connectivity index (χ2v) is 7.67. The first kappa shape index (κ1) is 30.5. The fraction of sp³-hybridized carbons (Fsp3) is 0.684. The summed E-state index contributed by atoms with van der Waals surface area (Å²) in [5.41, 5.74) is 15.9. The predicted octanol–water partition coefficient (Wildman–Crippen LogP) is -3.58. The smallest absolute Gasteiger partial charge is 0.326 e. The summed E-state index contributed by atoms with van der Waals surface area (Å²) in [4.78, 5) is 63.4. The number of carbonyl (C=O) groups excluding carboxylic acids is 3. The number of aliphatic carboxylic acids is 2. The Morgan fingerprint density at radius 3 is 2.00 bits per heavy atom. The van der Waals surface area contributed by atoms with E-state index in [4.69, 9.17) is 22.3 Å². The Hall–Kier alpha value is -3.46. The highest BCUT2D eigenvalue weighted by Gasteiger charge is 2.32. The zero-order chi connectivity index (χ0) is 26.4. The highest BCUT2D eigenvalue weighted by molar-refractivity contribution is 5.94. The maximum Gasteiger partial charge on any atom is 0.326 e. The van der Waals surface area contributed by atoms with E-state index in [0.717, 1.165) is 0 Å². The van der Waals surface area contributed by atoms with E-state index in [1.165, 1.54) is 0 Å². The quantitative estimate of drug-likeness (QED) is 0.0580. The molecule has 5 atom stereocenters. The topological polar surface area (TPSA) is 273 Å². The van der Waals surface area contributed by atoms with Crippen molar-refractivity contribution in [2.75, 3.05) is 13.2 Å². The Balaban J connectivity index is 5.30. The van der Waals surface area contributed by atoms with E-state index in [2.05, 4.69) is 20.9 Å². The summed E-state index contributed by atoms with van der Waals surface area (Å²) in [5.74, 6) is -5.89. The number of nitrogens with zero attached hydrogens (tertiary/aromatic N) is 1. The van der Waals surface area contributed by atoms with Crippen LogP contribution >= 0.6 is 0 Å². The number of aliphatic hydroxyl groups excluding tert-OH is 1. The average molecular weight is 490 g/mol. The maximum absolute atomic E-state index is 12.8. The van der Waals surface area contributed by atoms with Gasteiger partial charge in [0.2, 0.25) is 17.7 Å². The maximum atomic E-state index is 12.8. The van der Waals surface area contributed by atoms with Crippen LogP contribution < -0.4 is 33.2 Å². The molecule has 0 aliphatic rings. The van der Waals surface area contributed by atoms with Crippen LogP contribution in [-0.4, -0.2) is 88.3 Å². The van der Waals surface area contributed by atoms with Crippen LogP contribution in [0.3, 0.4) is 0 Å². The summed E-state index contributed by atoms with van der Waals surface area (Å²) in [6.07, 6.45) is 0.0318. The molecule has 15 heteroatoms. The lowest BCUT2D eigenvalue weighted by Gasteiger charge is -2.27. The number of carbonyl (C=O) groups is 5. The normalized spacial score (nSPS) is 15.1. The van der Waals surface area contributed by atoms with Gasteiger partial charge >= 0.3 is 11.9 Å². The summed E-state index contributed by atoms with van der Waals surface area (Å²) in [6, 6.07) is -5.42. The van der Waals surface area contributed by atoms with Gasteiger partial charge in [0, 0.05) is 6.54 Å². The molecule has 0 aliphatic carbocycles. The number of aliphatic hydroxyl groups is 1. The molecule has 3 amide bonds. The van der Waals surface area contributed by atoms with Gasteiger partial charge in [-0.3, -0.25) is 24.2 Å². The molecule has 0 spiro atoms. The van der Waals surface area contributed by atoms with Crippen molar-refractivity contribution in [3.63, 3.8) is 0 Å². The van der Waals surface area contributed by atoms with Gasteiger partial charge in [-0.05, 0) is 18.8 Å². The van der Waals surface area contributed by atoms with Crippen molar-refractivity contribution in [3.8, 4) is 0 Å². The molecule has 15 nitrogen and oxygen atoms in total. The number of carboxylic acids is 2. The SMILES string of the molecule is CCC(C)C(NC(=O)C(CO)NC(=O)C(N)CC(=O)O)C(=O)NC(CCCN=C(N)N)C(=O)O. The van der Waals surface area contributed by atoms with Crippen LogP contribution in [0.15, 0.2) is 4.99 Å². The molecule has 0 saturated carbocycles. The van der Waals surface area contributed by atoms with Gasteiger partial charge in [-0.2, -0.15) is 0 Å². The first-order valence-electron chi connectivity index (χ1n) is 10.6. The number of guanidine groups is 1. The molecule has 0 heterocycles. The summed E-state index contributed by atoms with van der Waals surface area (Å²) < 4.78 is 0. The van der Waals surface area contributed by atoms with E-state index in [0.29, 0.717) is 6.42 Å². The van der Waals surface area contributed by atoms with Gasteiger partial charge in [-0.1, -0.05) is 20.3 Å². The second-order valence-electron chi connectivity index (χ2n) is 7.67. The molecule has 0 aromatic heterocycles. The Bertz CT molecular complexity index is 757. The van der Waals surface area contributed by atoms with E-state index < -0.39 is 72.8 Å². The van der Waals surface area contributed by atoms with Crippen LogP contribution in [-0.2, 0) is 24.0 Å². The highest BCUT2D eigenvalue weighted by Crippen LogP contribution is 2.10. The minimum atomic E-state index is -1.51. The van der Waals surface area contributed by atoms with Gasteiger partial charge in [0.1, 0.15) is 18.1 Å². The molecule has 12 N–H and O–H groups in total. The lowest BCUT2D eigenvalue weighted by atomic mass is 9.97. The van der Waals surface area contributed by atoms with Gasteiger partial charge in [0.25, 0.3) is 0 Å². The molecule has 194 valence electrons. The Kier molecular flexibility index (Phi) is 13.8. The summed E-state index contributed by atoms with van der Waals surface area (Å²) in [6.45, 7) is 2.70. The van der Waals surface area contributed by atoms with Crippen molar-refractivity contribution in [2.45, 2.75) is 63.7 Å². The third-order valence-corrected chi connectivity index (χ3v) is 4.90. The van der Waals surface area contributed by atoms with E-state index in [-0.39, 0.29) is 25.3 Å². The summed E-state index contributed by atoms with van der Waals surface area (Å²) >= 11 is 0. The molecule has 0 fully saturated rings. The summed E-state index contributed by atoms with van der Waals surface area (Å²) in [5, 5.41) is 34.5. The van der Waals surface area contributed by atoms with Crippen LogP contribution in [0.5, 0.6) is 0 Å². The van der Waals surface area contributed by atoms with E-state index in [9.17, 15) is 34.2 Å². The third kappa shape index (κ3) is 11.4. The molecule has 34 heavy (non-hydrogen) atoms. The van der Waals surface area contributed by atoms with Gasteiger partial charge in [0.15, 0.2) is 5.96 Å². The van der Waals surface area contributed by atoms with Gasteiger partial charge in [-0.15, -0.1) is 0 Å². The minimum Gasteiger partial charge on any atom is -0.481 e. The number of aliphatic imine (C=N–C) groups is 1. The van der Waals surface area contributed by atoms with Gasteiger partial charge in [0.05, 0.1) is 19.1 Å². The fourth-order valence-corrected chi connectivity index (χ4v) is 2.73. The lowest BCUT2D eigenvalue weighted by molar-refractivity contribution is -0.143.